The van der Waals surface area contributed by atoms with Gasteiger partial charge in [0.15, 0.2) is 0 Å². The highest BCUT2D eigenvalue weighted by atomic mass is 19.4. The standard InChI is InChI=1S/C19H25FN2O3.C2HF3O2/c20-17-4-1-3-14(7-17)9-21-10-16-13-24-12-15(18(16)11-21)8-19(23)22-5-2-6-25-22;3-2(4,5)1(6)7/h1,3-4,7,15-16,18H,2,5-6,8-13H2;(H,6,7)/t15-,16-,18+;/m1./s1. The van der Waals surface area contributed by atoms with Crippen molar-refractivity contribution in [2.45, 2.75) is 25.6 Å². The third kappa shape index (κ3) is 6.63. The van der Waals surface area contributed by atoms with Gasteiger partial charge in [-0.15, -0.1) is 0 Å². The van der Waals surface area contributed by atoms with E-state index in [0.717, 1.165) is 38.2 Å². The molecule has 7 nitrogen and oxygen atoms in total. The summed E-state index contributed by atoms with van der Waals surface area (Å²) in [4.78, 5) is 29.0. The fraction of sp³-hybridized carbons (Fsp3) is 0.619. The van der Waals surface area contributed by atoms with Crippen molar-refractivity contribution in [3.63, 3.8) is 0 Å². The van der Waals surface area contributed by atoms with Crippen molar-refractivity contribution in [2.75, 3.05) is 39.5 Å². The van der Waals surface area contributed by atoms with Gasteiger partial charge in [0, 0.05) is 26.1 Å². The molecule has 0 aromatic heterocycles. The summed E-state index contributed by atoms with van der Waals surface area (Å²) in [6.45, 7) is 5.40. The number of alkyl halides is 3. The van der Waals surface area contributed by atoms with Gasteiger partial charge < -0.3 is 9.84 Å². The highest BCUT2D eigenvalue weighted by molar-refractivity contribution is 5.75. The second-order valence-corrected chi connectivity index (χ2v) is 8.24. The lowest BCUT2D eigenvalue weighted by Crippen LogP contribution is -2.38. The molecule has 3 aliphatic rings. The second-order valence-electron chi connectivity index (χ2n) is 8.24. The van der Waals surface area contributed by atoms with Crippen LogP contribution in [0.25, 0.3) is 0 Å². The zero-order chi connectivity index (χ0) is 23.3. The lowest BCUT2D eigenvalue weighted by atomic mass is 9.81. The van der Waals surface area contributed by atoms with E-state index < -0.39 is 12.1 Å². The summed E-state index contributed by atoms with van der Waals surface area (Å²) >= 11 is 0. The number of likely N-dealkylation sites (tertiary alicyclic amines) is 1. The van der Waals surface area contributed by atoms with Gasteiger partial charge >= 0.3 is 12.1 Å². The number of rotatable bonds is 4. The van der Waals surface area contributed by atoms with E-state index in [2.05, 4.69) is 4.90 Å². The predicted octanol–water partition coefficient (Wildman–Crippen LogP) is 2.71. The summed E-state index contributed by atoms with van der Waals surface area (Å²) < 4.78 is 50.9. The number of hydrogen-bond acceptors (Lipinski definition) is 5. The van der Waals surface area contributed by atoms with Crippen molar-refractivity contribution >= 4 is 11.9 Å². The smallest absolute Gasteiger partial charge is 0.475 e. The van der Waals surface area contributed by atoms with E-state index in [1.54, 1.807) is 12.1 Å². The maximum atomic E-state index is 13.4. The van der Waals surface area contributed by atoms with Crippen molar-refractivity contribution in [2.24, 2.45) is 17.8 Å². The molecular formula is C21H26F4N2O5. The van der Waals surface area contributed by atoms with Crippen molar-refractivity contribution in [1.82, 2.24) is 9.96 Å². The molecule has 0 unspecified atom stereocenters. The third-order valence-electron chi connectivity index (χ3n) is 5.84. The van der Waals surface area contributed by atoms with Crippen LogP contribution in [-0.2, 0) is 25.7 Å². The van der Waals surface area contributed by atoms with Gasteiger partial charge in [-0.1, -0.05) is 12.1 Å². The number of carbonyl (C=O) groups is 2. The summed E-state index contributed by atoms with van der Waals surface area (Å²) in [5, 5.41) is 8.64. The number of aliphatic carboxylic acids is 1. The Labute approximate surface area is 182 Å². The number of halogens is 4. The van der Waals surface area contributed by atoms with Crippen LogP contribution in [0.4, 0.5) is 17.6 Å². The second kappa shape index (κ2) is 10.6. The molecule has 0 aliphatic carbocycles. The SMILES string of the molecule is O=C(C[C@@H]1COC[C@H]2CN(Cc3cccc(F)c3)C[C@@H]12)N1CCCO1.O=C(O)C(F)(F)F. The van der Waals surface area contributed by atoms with Gasteiger partial charge in [-0.3, -0.25) is 14.5 Å². The van der Waals surface area contributed by atoms with E-state index in [-0.39, 0.29) is 17.6 Å². The molecular weight excluding hydrogens is 436 g/mol. The van der Waals surface area contributed by atoms with Crippen LogP contribution in [0.2, 0.25) is 0 Å². The van der Waals surface area contributed by atoms with Crippen molar-refractivity contribution < 1.29 is 41.8 Å². The summed E-state index contributed by atoms with van der Waals surface area (Å²) in [6, 6.07) is 6.80. The number of fused-ring (bicyclic) bond motifs is 1. The van der Waals surface area contributed by atoms with Crippen LogP contribution in [0.15, 0.2) is 24.3 Å². The van der Waals surface area contributed by atoms with Gasteiger partial charge in [0.2, 0.25) is 5.91 Å². The number of hydrogen-bond donors (Lipinski definition) is 1. The molecule has 3 heterocycles. The maximum absolute atomic E-state index is 13.4. The molecule has 1 N–H and O–H groups in total. The molecule has 0 radical (unpaired) electrons. The topological polar surface area (TPSA) is 79.3 Å². The average molecular weight is 462 g/mol. The molecule has 178 valence electrons. The van der Waals surface area contributed by atoms with Crippen molar-refractivity contribution in [3.05, 3.63) is 35.6 Å². The fourth-order valence-electron chi connectivity index (χ4n) is 4.40. The summed E-state index contributed by atoms with van der Waals surface area (Å²) in [7, 11) is 0. The molecule has 4 rings (SSSR count). The first kappa shape index (κ1) is 24.4. The molecule has 1 amide bonds. The van der Waals surface area contributed by atoms with E-state index in [1.807, 2.05) is 6.07 Å². The van der Waals surface area contributed by atoms with E-state index in [0.29, 0.717) is 38.0 Å². The highest BCUT2D eigenvalue weighted by Crippen LogP contribution is 2.36. The van der Waals surface area contributed by atoms with Gasteiger partial charge in [-0.05, 0) is 41.9 Å². The van der Waals surface area contributed by atoms with E-state index in [4.69, 9.17) is 19.5 Å². The Morgan fingerprint density at radius 1 is 1.19 bits per heavy atom. The molecule has 1 aromatic carbocycles. The molecule has 32 heavy (non-hydrogen) atoms. The number of nitrogens with zero attached hydrogens (tertiary/aromatic N) is 2. The van der Waals surface area contributed by atoms with Crippen LogP contribution < -0.4 is 0 Å². The Bertz CT molecular complexity index is 801. The number of amides is 1. The average Bonchev–Trinajstić information content (AvgIpc) is 3.38. The van der Waals surface area contributed by atoms with Crippen molar-refractivity contribution in [3.8, 4) is 0 Å². The van der Waals surface area contributed by atoms with Crippen LogP contribution in [-0.4, -0.2) is 72.6 Å². The van der Waals surface area contributed by atoms with Crippen LogP contribution >= 0.6 is 0 Å². The number of carboxylic acids is 1. The summed E-state index contributed by atoms with van der Waals surface area (Å²) in [5.74, 6) is -1.70. The zero-order valence-corrected chi connectivity index (χ0v) is 17.4. The maximum Gasteiger partial charge on any atom is 0.490 e. The summed E-state index contributed by atoms with van der Waals surface area (Å²) in [6.07, 6.45) is -3.67. The van der Waals surface area contributed by atoms with Gasteiger partial charge in [0.1, 0.15) is 5.82 Å². The molecule has 11 heteroatoms. The quantitative estimate of drug-likeness (QED) is 0.694. The Morgan fingerprint density at radius 3 is 2.56 bits per heavy atom. The summed E-state index contributed by atoms with van der Waals surface area (Å²) in [5.41, 5.74) is 0.998. The fourth-order valence-corrected chi connectivity index (χ4v) is 4.40. The molecule has 3 fully saturated rings. The van der Waals surface area contributed by atoms with Gasteiger partial charge in [-0.25, -0.2) is 14.2 Å². The third-order valence-corrected chi connectivity index (χ3v) is 5.84. The normalized spacial score (nSPS) is 25.8. The van der Waals surface area contributed by atoms with E-state index in [9.17, 15) is 22.4 Å². The molecule has 0 bridgehead atoms. The Hall–Kier alpha value is -2.24. The minimum absolute atomic E-state index is 0.0790. The number of carbonyl (C=O) groups excluding carboxylic acids is 1. The first-order valence-corrected chi connectivity index (χ1v) is 10.4. The number of carboxylic acid groups (broad SMARTS) is 1. The number of benzene rings is 1. The first-order chi connectivity index (χ1) is 15.1. The molecule has 3 aliphatic heterocycles. The van der Waals surface area contributed by atoms with Crippen LogP contribution in [0, 0.1) is 23.6 Å². The van der Waals surface area contributed by atoms with Crippen molar-refractivity contribution in [1.29, 1.82) is 0 Å². The van der Waals surface area contributed by atoms with E-state index in [1.165, 1.54) is 11.1 Å². The van der Waals surface area contributed by atoms with Crippen LogP contribution in [0.3, 0.4) is 0 Å². The van der Waals surface area contributed by atoms with Gasteiger partial charge in [0.25, 0.3) is 0 Å². The Kier molecular flexibility index (Phi) is 8.07. The minimum atomic E-state index is -5.08. The Morgan fingerprint density at radius 2 is 1.94 bits per heavy atom. The predicted molar refractivity (Wildman–Crippen MR) is 104 cm³/mol. The number of ether oxygens (including phenoxy) is 1. The molecule has 3 saturated heterocycles. The lowest BCUT2D eigenvalue weighted by molar-refractivity contribution is -0.192. The van der Waals surface area contributed by atoms with E-state index >= 15 is 0 Å². The largest absolute Gasteiger partial charge is 0.490 e. The first-order valence-electron chi connectivity index (χ1n) is 10.4. The van der Waals surface area contributed by atoms with Gasteiger partial charge in [-0.2, -0.15) is 13.2 Å². The number of hydroxylamine groups is 2. The van der Waals surface area contributed by atoms with Crippen LogP contribution in [0.5, 0.6) is 0 Å². The van der Waals surface area contributed by atoms with Crippen LogP contribution in [0.1, 0.15) is 18.4 Å². The molecule has 0 spiro atoms. The molecule has 3 atom stereocenters. The van der Waals surface area contributed by atoms with Gasteiger partial charge in [0.05, 0.1) is 26.4 Å². The minimum Gasteiger partial charge on any atom is -0.475 e. The molecule has 1 aromatic rings. The molecule has 0 saturated carbocycles. The monoisotopic (exact) mass is 462 g/mol. The highest BCUT2D eigenvalue weighted by Gasteiger charge is 2.42. The zero-order valence-electron chi connectivity index (χ0n) is 17.4. The Balaban J connectivity index is 0.000000360. The lowest BCUT2D eigenvalue weighted by Gasteiger charge is -2.33.